The molecule has 6 nitrogen and oxygen atoms in total. The predicted octanol–water partition coefficient (Wildman–Crippen LogP) is 1.39. The van der Waals surface area contributed by atoms with Gasteiger partial charge in [0.25, 0.3) is 0 Å². The van der Waals surface area contributed by atoms with Gasteiger partial charge in [-0.2, -0.15) is 0 Å². The fourth-order valence-electron chi connectivity index (χ4n) is 1.35. The number of benzene rings is 1. The molecule has 0 fully saturated rings. The van der Waals surface area contributed by atoms with E-state index >= 15 is 0 Å². The van der Waals surface area contributed by atoms with E-state index in [2.05, 4.69) is 15.5 Å². The Morgan fingerprint density at radius 2 is 2.20 bits per heavy atom. The number of anilines is 1. The molecule has 2 aromatic rings. The number of nitrogens with two attached hydrogens (primary N) is 1. The van der Waals surface area contributed by atoms with E-state index in [-0.39, 0.29) is 11.6 Å². The van der Waals surface area contributed by atoms with Gasteiger partial charge in [0.2, 0.25) is 11.1 Å². The van der Waals surface area contributed by atoms with Crippen molar-refractivity contribution in [3.8, 4) is 0 Å². The van der Waals surface area contributed by atoms with Crippen LogP contribution >= 0.6 is 11.8 Å². The maximum atomic E-state index is 13.0. The van der Waals surface area contributed by atoms with Crippen LogP contribution in [0.2, 0.25) is 0 Å². The molecular weight excluding hydrogens is 288 g/mol. The van der Waals surface area contributed by atoms with Crippen LogP contribution in [-0.2, 0) is 4.79 Å². The van der Waals surface area contributed by atoms with Gasteiger partial charge in [0.15, 0.2) is 11.6 Å². The molecule has 0 radical (unpaired) electrons. The molecule has 1 heterocycles. The van der Waals surface area contributed by atoms with Crippen molar-refractivity contribution in [2.24, 2.45) is 0 Å². The number of hydrogen-bond donors (Lipinski definition) is 2. The van der Waals surface area contributed by atoms with Crippen LogP contribution in [0, 0.1) is 11.6 Å². The third kappa shape index (κ3) is 3.23. The van der Waals surface area contributed by atoms with Gasteiger partial charge in [0, 0.05) is 11.8 Å². The number of nitrogen functional groups attached to an aromatic ring is 1. The van der Waals surface area contributed by atoms with E-state index in [1.807, 2.05) is 0 Å². The van der Waals surface area contributed by atoms with Crippen molar-refractivity contribution < 1.29 is 13.6 Å². The number of halogens is 2. The second kappa shape index (κ2) is 5.87. The lowest BCUT2D eigenvalue weighted by atomic mass is 10.3. The molecule has 2 rings (SSSR count). The summed E-state index contributed by atoms with van der Waals surface area (Å²) in [7, 11) is 0. The monoisotopic (exact) mass is 299 g/mol. The number of rotatable bonds is 4. The van der Waals surface area contributed by atoms with Crippen LogP contribution in [0.15, 0.2) is 29.7 Å². The highest BCUT2D eigenvalue weighted by molar-refractivity contribution is 8.00. The van der Waals surface area contributed by atoms with E-state index < -0.39 is 16.9 Å². The van der Waals surface area contributed by atoms with Crippen LogP contribution in [0.25, 0.3) is 0 Å². The highest BCUT2D eigenvalue weighted by Crippen LogP contribution is 2.21. The summed E-state index contributed by atoms with van der Waals surface area (Å²) in [6, 6.07) is 3.13. The van der Waals surface area contributed by atoms with Crippen molar-refractivity contribution in [1.82, 2.24) is 14.9 Å². The van der Waals surface area contributed by atoms with Crippen LogP contribution < -0.4 is 11.2 Å². The molecule has 1 aromatic heterocycles. The van der Waals surface area contributed by atoms with Gasteiger partial charge in [-0.25, -0.2) is 13.5 Å². The summed E-state index contributed by atoms with van der Waals surface area (Å²) in [6.07, 6.45) is 1.31. The zero-order valence-electron chi connectivity index (χ0n) is 10.4. The number of thioether (sulfide) groups is 1. The molecule has 0 aliphatic rings. The Balaban J connectivity index is 2.00. The molecule has 0 saturated carbocycles. The van der Waals surface area contributed by atoms with Crippen molar-refractivity contribution in [2.45, 2.75) is 17.3 Å². The minimum atomic E-state index is -1.02. The molecule has 1 atom stereocenters. The van der Waals surface area contributed by atoms with Crippen molar-refractivity contribution >= 4 is 23.4 Å². The highest BCUT2D eigenvalue weighted by Gasteiger charge is 2.18. The second-order valence-corrected chi connectivity index (χ2v) is 5.21. The smallest absolute Gasteiger partial charge is 0.237 e. The van der Waals surface area contributed by atoms with Crippen molar-refractivity contribution in [3.05, 3.63) is 36.2 Å². The Labute approximate surface area is 117 Å². The molecule has 0 aliphatic heterocycles. The lowest BCUT2D eigenvalue weighted by Crippen LogP contribution is -2.23. The maximum absolute atomic E-state index is 13.0. The van der Waals surface area contributed by atoms with Gasteiger partial charge < -0.3 is 11.2 Å². The zero-order valence-corrected chi connectivity index (χ0v) is 11.2. The van der Waals surface area contributed by atoms with E-state index in [4.69, 9.17) is 5.84 Å². The molecule has 1 amide bonds. The third-order valence-electron chi connectivity index (χ3n) is 2.38. The Kier molecular flexibility index (Phi) is 4.18. The SMILES string of the molecule is C[C@H](Sc1nncn1N)C(=O)Nc1ccc(F)c(F)c1. The lowest BCUT2D eigenvalue weighted by molar-refractivity contribution is -0.115. The van der Waals surface area contributed by atoms with Crippen LogP contribution in [-0.4, -0.2) is 26.0 Å². The summed E-state index contributed by atoms with van der Waals surface area (Å²) in [6.45, 7) is 1.63. The van der Waals surface area contributed by atoms with Gasteiger partial charge in [0.05, 0.1) is 5.25 Å². The normalized spacial score (nSPS) is 12.2. The number of hydrogen-bond acceptors (Lipinski definition) is 5. The van der Waals surface area contributed by atoms with Gasteiger partial charge in [-0.15, -0.1) is 10.2 Å². The van der Waals surface area contributed by atoms with Gasteiger partial charge >= 0.3 is 0 Å². The molecule has 0 aliphatic carbocycles. The first-order valence-electron chi connectivity index (χ1n) is 5.55. The summed E-state index contributed by atoms with van der Waals surface area (Å²) in [4.78, 5) is 11.9. The standard InChI is InChI=1S/C11H11F2N5OS/c1-6(20-11-17-15-5-18(11)14)10(19)16-7-2-3-8(12)9(13)4-7/h2-6H,14H2,1H3,(H,16,19)/t6-/m0/s1. The van der Waals surface area contributed by atoms with Gasteiger partial charge in [-0.05, 0) is 19.1 Å². The summed E-state index contributed by atoms with van der Waals surface area (Å²) < 4.78 is 27.0. The average molecular weight is 299 g/mol. The van der Waals surface area contributed by atoms with Crippen molar-refractivity contribution in [3.63, 3.8) is 0 Å². The van der Waals surface area contributed by atoms with Crippen LogP contribution in [0.3, 0.4) is 0 Å². The fourth-order valence-corrected chi connectivity index (χ4v) is 2.09. The number of amides is 1. The molecule has 3 N–H and O–H groups in total. The van der Waals surface area contributed by atoms with E-state index in [1.165, 1.54) is 17.1 Å². The van der Waals surface area contributed by atoms with E-state index in [0.29, 0.717) is 5.16 Å². The Hall–Kier alpha value is -2.16. The predicted molar refractivity (Wildman–Crippen MR) is 70.5 cm³/mol. The Morgan fingerprint density at radius 3 is 2.80 bits per heavy atom. The second-order valence-electron chi connectivity index (χ2n) is 3.90. The van der Waals surface area contributed by atoms with Crippen molar-refractivity contribution in [2.75, 3.05) is 11.2 Å². The number of carbonyl (C=O) groups excluding carboxylic acids is 1. The molecule has 9 heteroatoms. The third-order valence-corrected chi connectivity index (χ3v) is 3.45. The number of aromatic nitrogens is 3. The first-order chi connectivity index (χ1) is 9.47. The molecule has 0 unspecified atom stereocenters. The molecule has 20 heavy (non-hydrogen) atoms. The Bertz CT molecular complexity index is 633. The quantitative estimate of drug-likeness (QED) is 0.658. The number of carbonyl (C=O) groups is 1. The topological polar surface area (TPSA) is 85.8 Å². The van der Waals surface area contributed by atoms with E-state index in [1.54, 1.807) is 6.92 Å². The largest absolute Gasteiger partial charge is 0.336 e. The highest BCUT2D eigenvalue weighted by atomic mass is 32.2. The number of nitrogens with zero attached hydrogens (tertiary/aromatic N) is 3. The first kappa shape index (κ1) is 14.3. The van der Waals surface area contributed by atoms with Crippen LogP contribution in [0.1, 0.15) is 6.92 Å². The van der Waals surface area contributed by atoms with Gasteiger partial charge in [0.1, 0.15) is 6.33 Å². The lowest BCUT2D eigenvalue weighted by Gasteiger charge is -2.11. The van der Waals surface area contributed by atoms with Gasteiger partial charge in [-0.3, -0.25) is 4.79 Å². The molecular formula is C11H11F2N5OS. The minimum absolute atomic E-state index is 0.176. The van der Waals surface area contributed by atoms with E-state index in [0.717, 1.165) is 23.9 Å². The van der Waals surface area contributed by atoms with Crippen LogP contribution in [0.4, 0.5) is 14.5 Å². The van der Waals surface area contributed by atoms with E-state index in [9.17, 15) is 13.6 Å². The molecule has 0 saturated heterocycles. The Morgan fingerprint density at radius 1 is 1.45 bits per heavy atom. The summed E-state index contributed by atoms with van der Waals surface area (Å²) in [5.74, 6) is 3.15. The molecule has 1 aromatic carbocycles. The summed E-state index contributed by atoms with van der Waals surface area (Å²) in [5.41, 5.74) is 0.176. The minimum Gasteiger partial charge on any atom is -0.336 e. The summed E-state index contributed by atoms with van der Waals surface area (Å²) >= 11 is 1.10. The van der Waals surface area contributed by atoms with Gasteiger partial charge in [-0.1, -0.05) is 11.8 Å². The molecule has 0 bridgehead atoms. The molecule has 0 spiro atoms. The summed E-state index contributed by atoms with van der Waals surface area (Å²) in [5, 5.41) is 9.63. The average Bonchev–Trinajstić information content (AvgIpc) is 2.79. The molecule has 106 valence electrons. The first-order valence-corrected chi connectivity index (χ1v) is 6.43. The fraction of sp³-hybridized carbons (Fsp3) is 0.182. The maximum Gasteiger partial charge on any atom is 0.237 e. The number of nitrogens with one attached hydrogen (secondary N) is 1. The zero-order chi connectivity index (χ0) is 14.7. The van der Waals surface area contributed by atoms with Crippen LogP contribution in [0.5, 0.6) is 0 Å². The van der Waals surface area contributed by atoms with Crippen molar-refractivity contribution in [1.29, 1.82) is 0 Å².